The lowest BCUT2D eigenvalue weighted by Crippen LogP contribution is -3.00. The summed E-state index contributed by atoms with van der Waals surface area (Å²) in [4.78, 5) is 3.70. The average Bonchev–Trinajstić information content (AvgIpc) is 2.04. The van der Waals surface area contributed by atoms with Gasteiger partial charge < -0.3 is 17.0 Å². The number of hydrogen-bond donors (Lipinski definition) is 0. The van der Waals surface area contributed by atoms with Gasteiger partial charge in [0.2, 0.25) is 0 Å². The van der Waals surface area contributed by atoms with E-state index in [9.17, 15) is 0 Å². The molecular formula is C11H18BrNS. The predicted molar refractivity (Wildman–Crippen MR) is 61.3 cm³/mol. The molecule has 0 heterocycles. The fourth-order valence-electron chi connectivity index (χ4n) is 1.23. The van der Waals surface area contributed by atoms with E-state index < -0.39 is 0 Å². The van der Waals surface area contributed by atoms with Gasteiger partial charge in [0.1, 0.15) is 6.26 Å². The standard InChI is InChI=1S/C11H18NS.BrH/c1-10-5-7-11(8-6-10)13(4)9-12(2)3;/h5-8H,9H2,1-4H3;1H/q+1;/p-1. The summed E-state index contributed by atoms with van der Waals surface area (Å²) in [5, 5.41) is 0. The molecule has 0 saturated carbocycles. The van der Waals surface area contributed by atoms with E-state index >= 15 is 0 Å². The molecule has 0 N–H and O–H groups in total. The Morgan fingerprint density at radius 1 is 1.14 bits per heavy atom. The minimum atomic E-state index is 0. The second-order valence-electron chi connectivity index (χ2n) is 3.66. The van der Waals surface area contributed by atoms with Crippen LogP contribution in [0.1, 0.15) is 5.56 Å². The van der Waals surface area contributed by atoms with E-state index in [1.54, 1.807) is 0 Å². The van der Waals surface area contributed by atoms with Crippen LogP contribution in [0, 0.1) is 6.92 Å². The number of halogens is 1. The zero-order chi connectivity index (χ0) is 9.84. The Morgan fingerprint density at radius 2 is 1.64 bits per heavy atom. The van der Waals surface area contributed by atoms with E-state index in [0.29, 0.717) is 10.9 Å². The van der Waals surface area contributed by atoms with Gasteiger partial charge in [-0.15, -0.1) is 0 Å². The summed E-state index contributed by atoms with van der Waals surface area (Å²) in [7, 11) is 4.60. The molecule has 0 aromatic heterocycles. The molecule has 80 valence electrons. The van der Waals surface area contributed by atoms with E-state index in [0.717, 1.165) is 5.88 Å². The van der Waals surface area contributed by atoms with Crippen LogP contribution in [0.15, 0.2) is 29.2 Å². The van der Waals surface area contributed by atoms with Crippen molar-refractivity contribution in [3.8, 4) is 0 Å². The zero-order valence-electron chi connectivity index (χ0n) is 9.25. The number of rotatable bonds is 3. The van der Waals surface area contributed by atoms with E-state index in [-0.39, 0.29) is 17.0 Å². The molecule has 0 fully saturated rings. The number of aryl methyl sites for hydroxylation is 1. The molecule has 14 heavy (non-hydrogen) atoms. The highest BCUT2D eigenvalue weighted by molar-refractivity contribution is 7.96. The highest BCUT2D eigenvalue weighted by atomic mass is 79.9. The number of benzene rings is 1. The van der Waals surface area contributed by atoms with Crippen LogP contribution in [-0.4, -0.2) is 31.1 Å². The topological polar surface area (TPSA) is 3.24 Å². The van der Waals surface area contributed by atoms with Gasteiger partial charge in [-0.05, 0) is 33.2 Å². The van der Waals surface area contributed by atoms with E-state index in [1.807, 2.05) is 0 Å². The highest BCUT2D eigenvalue weighted by Gasteiger charge is 2.15. The molecule has 1 nitrogen and oxygen atoms in total. The molecule has 0 aliphatic rings. The third kappa shape index (κ3) is 4.49. The maximum absolute atomic E-state index is 2.30. The maximum Gasteiger partial charge on any atom is 0.166 e. The highest BCUT2D eigenvalue weighted by Crippen LogP contribution is 2.12. The van der Waals surface area contributed by atoms with Crippen molar-refractivity contribution >= 4 is 10.9 Å². The summed E-state index contributed by atoms with van der Waals surface area (Å²) < 4.78 is 0. The molecule has 1 aromatic rings. The third-order valence-electron chi connectivity index (χ3n) is 1.88. The first-order valence-electron chi connectivity index (χ1n) is 4.43. The second kappa shape index (κ2) is 6.49. The molecule has 0 amide bonds. The molecule has 0 aliphatic carbocycles. The van der Waals surface area contributed by atoms with E-state index in [4.69, 9.17) is 0 Å². The molecular weight excluding hydrogens is 258 g/mol. The Hall–Kier alpha value is 0.01000. The van der Waals surface area contributed by atoms with Gasteiger partial charge in [-0.1, -0.05) is 17.7 Å². The van der Waals surface area contributed by atoms with Gasteiger partial charge in [0.25, 0.3) is 0 Å². The quantitative estimate of drug-likeness (QED) is 0.649. The molecule has 0 bridgehead atoms. The SMILES string of the molecule is Cc1ccc([S+](C)CN(C)C)cc1.[Br-]. The number of hydrogen-bond acceptors (Lipinski definition) is 1. The monoisotopic (exact) mass is 275 g/mol. The molecule has 1 aromatic carbocycles. The van der Waals surface area contributed by atoms with Gasteiger partial charge in [0, 0.05) is 10.9 Å². The molecule has 3 heteroatoms. The Kier molecular flexibility index (Phi) is 6.49. The minimum absolute atomic E-state index is 0. The van der Waals surface area contributed by atoms with Crippen molar-refractivity contribution < 1.29 is 17.0 Å². The van der Waals surface area contributed by atoms with Gasteiger partial charge in [-0.25, -0.2) is 0 Å². The molecule has 1 rings (SSSR count). The summed E-state index contributed by atoms with van der Waals surface area (Å²) in [6.07, 6.45) is 2.30. The van der Waals surface area contributed by atoms with Crippen molar-refractivity contribution in [2.45, 2.75) is 11.8 Å². The first-order chi connectivity index (χ1) is 6.09. The van der Waals surface area contributed by atoms with Crippen LogP contribution in [-0.2, 0) is 10.9 Å². The summed E-state index contributed by atoms with van der Waals surface area (Å²) >= 11 is 0. The van der Waals surface area contributed by atoms with Crippen LogP contribution in [0.4, 0.5) is 0 Å². The van der Waals surface area contributed by atoms with Crippen molar-refractivity contribution in [3.63, 3.8) is 0 Å². The van der Waals surface area contributed by atoms with Crippen molar-refractivity contribution in [3.05, 3.63) is 29.8 Å². The minimum Gasteiger partial charge on any atom is -1.00 e. The predicted octanol–water partition coefficient (Wildman–Crippen LogP) is -0.875. The van der Waals surface area contributed by atoms with Crippen LogP contribution in [0.2, 0.25) is 0 Å². The average molecular weight is 276 g/mol. The Bertz CT molecular complexity index is 258. The van der Waals surface area contributed by atoms with Gasteiger partial charge in [-0.2, -0.15) is 0 Å². The third-order valence-corrected chi connectivity index (χ3v) is 3.86. The molecule has 0 spiro atoms. The smallest absolute Gasteiger partial charge is 0.166 e. The van der Waals surface area contributed by atoms with E-state index in [2.05, 4.69) is 56.4 Å². The van der Waals surface area contributed by atoms with Crippen LogP contribution in [0.3, 0.4) is 0 Å². The normalized spacial score (nSPS) is 12.4. The molecule has 1 unspecified atom stereocenters. The number of nitrogens with zero attached hydrogens (tertiary/aromatic N) is 1. The molecule has 1 atom stereocenters. The molecule has 0 saturated heterocycles. The molecule has 0 radical (unpaired) electrons. The van der Waals surface area contributed by atoms with Gasteiger partial charge in [-0.3, -0.25) is 4.90 Å². The van der Waals surface area contributed by atoms with Crippen molar-refractivity contribution in [1.29, 1.82) is 0 Å². The molecule has 0 aliphatic heterocycles. The summed E-state index contributed by atoms with van der Waals surface area (Å²) in [6, 6.07) is 8.85. The van der Waals surface area contributed by atoms with Gasteiger partial charge >= 0.3 is 0 Å². The van der Waals surface area contributed by atoms with Crippen LogP contribution < -0.4 is 17.0 Å². The maximum atomic E-state index is 2.30. The Labute approximate surface area is 101 Å². The lowest BCUT2D eigenvalue weighted by atomic mass is 10.2. The van der Waals surface area contributed by atoms with Crippen LogP contribution in [0.25, 0.3) is 0 Å². The lowest BCUT2D eigenvalue weighted by molar-refractivity contribution is -0.00000300. The van der Waals surface area contributed by atoms with Gasteiger partial charge in [0.05, 0.1) is 0 Å². The summed E-state index contributed by atoms with van der Waals surface area (Å²) in [6.45, 7) is 2.13. The Morgan fingerprint density at radius 3 is 2.07 bits per heavy atom. The lowest BCUT2D eigenvalue weighted by Gasteiger charge is -2.08. The summed E-state index contributed by atoms with van der Waals surface area (Å²) in [5.41, 5.74) is 1.34. The fraction of sp³-hybridized carbons (Fsp3) is 0.455. The van der Waals surface area contributed by atoms with Crippen molar-refractivity contribution in [2.24, 2.45) is 0 Å². The second-order valence-corrected chi connectivity index (χ2v) is 5.66. The van der Waals surface area contributed by atoms with Crippen LogP contribution in [0.5, 0.6) is 0 Å². The largest absolute Gasteiger partial charge is 1.00 e. The Balaban J connectivity index is 0.00000169. The van der Waals surface area contributed by atoms with E-state index in [1.165, 1.54) is 10.5 Å². The van der Waals surface area contributed by atoms with Crippen LogP contribution >= 0.6 is 0 Å². The first kappa shape index (κ1) is 14.0. The van der Waals surface area contributed by atoms with Crippen molar-refractivity contribution in [1.82, 2.24) is 4.90 Å². The van der Waals surface area contributed by atoms with Crippen molar-refractivity contribution in [2.75, 3.05) is 26.2 Å². The van der Waals surface area contributed by atoms with Gasteiger partial charge in [0.15, 0.2) is 10.8 Å². The zero-order valence-corrected chi connectivity index (χ0v) is 11.7. The fourth-order valence-corrected chi connectivity index (χ4v) is 2.76. The first-order valence-corrected chi connectivity index (χ1v) is 6.24. The summed E-state index contributed by atoms with van der Waals surface area (Å²) in [5.74, 6) is 1.14.